The van der Waals surface area contributed by atoms with E-state index in [1.165, 1.54) is 250 Å². The van der Waals surface area contributed by atoms with E-state index in [1.807, 2.05) is 6.08 Å². The first-order chi connectivity index (χ1) is 33.0. The van der Waals surface area contributed by atoms with Crippen LogP contribution < -0.4 is 5.32 Å². The SMILES string of the molecule is CCCCCCCCCCC/C=C/CC/C=C/CC/C=C/C(O)C(CO)NC(=O)CC(O)CCCCCCCCCCCCCCCCC/C=C\CCCCCCCCCCCCCCCC. The molecule has 3 unspecified atom stereocenters. The number of carbonyl (C=O) groups is 1. The fraction of sp³-hybridized carbons (Fsp3) is 0.855. The van der Waals surface area contributed by atoms with Crippen LogP contribution in [0.1, 0.15) is 316 Å². The van der Waals surface area contributed by atoms with Gasteiger partial charge in [0, 0.05) is 0 Å². The van der Waals surface area contributed by atoms with Crippen molar-refractivity contribution in [2.24, 2.45) is 0 Å². The first kappa shape index (κ1) is 65.3. The Bertz CT molecular complexity index is 1080. The van der Waals surface area contributed by atoms with Crippen LogP contribution in [0.5, 0.6) is 0 Å². The van der Waals surface area contributed by atoms with Crippen LogP contribution in [0.2, 0.25) is 0 Å². The van der Waals surface area contributed by atoms with Crippen molar-refractivity contribution in [3.05, 3.63) is 48.6 Å². The lowest BCUT2D eigenvalue weighted by atomic mass is 10.0. The Labute approximate surface area is 418 Å². The summed E-state index contributed by atoms with van der Waals surface area (Å²) in [6.45, 7) is 4.22. The largest absolute Gasteiger partial charge is 0.394 e. The number of hydrogen-bond acceptors (Lipinski definition) is 4. The molecule has 0 aliphatic rings. The number of carbonyl (C=O) groups excluding carboxylic acids is 1. The van der Waals surface area contributed by atoms with Gasteiger partial charge in [0.05, 0.1) is 31.3 Å². The van der Waals surface area contributed by atoms with Crippen molar-refractivity contribution in [1.82, 2.24) is 5.32 Å². The van der Waals surface area contributed by atoms with Crippen molar-refractivity contribution >= 4 is 5.91 Å². The molecule has 0 aliphatic heterocycles. The molecule has 0 radical (unpaired) electrons. The molecule has 0 bridgehead atoms. The number of hydrogen-bond donors (Lipinski definition) is 4. The summed E-state index contributed by atoms with van der Waals surface area (Å²) in [5, 5.41) is 33.4. The Hall–Kier alpha value is -1.69. The van der Waals surface area contributed by atoms with Crippen LogP contribution in [0.3, 0.4) is 0 Å². The van der Waals surface area contributed by atoms with Crippen molar-refractivity contribution in [1.29, 1.82) is 0 Å². The molecule has 0 saturated carbocycles. The average Bonchev–Trinajstić information content (AvgIpc) is 3.32. The molecule has 0 heterocycles. The molecule has 3 atom stereocenters. The normalized spacial score (nSPS) is 13.6. The first-order valence-electron chi connectivity index (χ1n) is 29.9. The molecule has 67 heavy (non-hydrogen) atoms. The van der Waals surface area contributed by atoms with E-state index < -0.39 is 18.2 Å². The standard InChI is InChI=1S/C62H117NO4/c1-3-5-7-9-11-13-15-17-19-21-23-24-25-26-27-28-29-30-31-32-33-34-35-36-38-39-41-43-45-47-49-51-53-55-59(65)57-62(67)63-60(58-64)61(66)56-54-52-50-48-46-44-42-40-37-22-20-18-16-14-12-10-8-6-4-2/h28-29,37,40,46,48,54,56,59-61,64-66H,3-27,30-36,38-39,41-45,47,49-53,55,57-58H2,1-2H3,(H,63,67)/b29-28-,40-37+,48-46+,56-54+. The molecular weight excluding hydrogens is 823 g/mol. The minimum Gasteiger partial charge on any atom is -0.394 e. The highest BCUT2D eigenvalue weighted by molar-refractivity contribution is 5.76. The molecule has 4 N–H and O–H groups in total. The van der Waals surface area contributed by atoms with E-state index in [2.05, 4.69) is 55.6 Å². The Kier molecular flexibility index (Phi) is 55.5. The second kappa shape index (κ2) is 56.9. The molecule has 0 rings (SSSR count). The minimum absolute atomic E-state index is 0.00337. The van der Waals surface area contributed by atoms with E-state index >= 15 is 0 Å². The Balaban J connectivity index is 3.55. The number of aliphatic hydroxyl groups is 3. The third kappa shape index (κ3) is 53.5. The van der Waals surface area contributed by atoms with Gasteiger partial charge in [-0.1, -0.05) is 287 Å². The molecular formula is C62H117NO4. The van der Waals surface area contributed by atoms with Crippen LogP contribution in [-0.4, -0.2) is 46.1 Å². The third-order valence-corrected chi connectivity index (χ3v) is 13.8. The summed E-state index contributed by atoms with van der Waals surface area (Å²) in [5.41, 5.74) is 0. The van der Waals surface area contributed by atoms with Crippen LogP contribution in [0.15, 0.2) is 48.6 Å². The highest BCUT2D eigenvalue weighted by atomic mass is 16.3. The number of nitrogens with one attached hydrogen (secondary N) is 1. The van der Waals surface area contributed by atoms with Crippen LogP contribution in [0.25, 0.3) is 0 Å². The highest BCUT2D eigenvalue weighted by Crippen LogP contribution is 2.17. The van der Waals surface area contributed by atoms with Gasteiger partial charge in [-0.3, -0.25) is 4.79 Å². The summed E-state index contributed by atoms with van der Waals surface area (Å²) in [6, 6.07) is -0.769. The summed E-state index contributed by atoms with van der Waals surface area (Å²) in [7, 11) is 0. The summed E-state index contributed by atoms with van der Waals surface area (Å²) in [5.74, 6) is -0.326. The van der Waals surface area contributed by atoms with Crippen molar-refractivity contribution in [3.8, 4) is 0 Å². The molecule has 0 aromatic carbocycles. The fourth-order valence-corrected chi connectivity index (χ4v) is 9.25. The summed E-state index contributed by atoms with van der Waals surface area (Å²) >= 11 is 0. The fourth-order valence-electron chi connectivity index (χ4n) is 9.25. The Morgan fingerprint density at radius 3 is 0.955 bits per heavy atom. The van der Waals surface area contributed by atoms with Gasteiger partial charge in [0.2, 0.25) is 5.91 Å². The Morgan fingerprint density at radius 1 is 0.373 bits per heavy atom. The summed E-state index contributed by atoms with van der Waals surface area (Å²) < 4.78 is 0. The molecule has 0 aromatic heterocycles. The maximum absolute atomic E-state index is 12.5. The van der Waals surface area contributed by atoms with Gasteiger partial charge in [-0.2, -0.15) is 0 Å². The lowest BCUT2D eigenvalue weighted by Gasteiger charge is -2.21. The van der Waals surface area contributed by atoms with Crippen LogP contribution >= 0.6 is 0 Å². The van der Waals surface area contributed by atoms with Gasteiger partial charge >= 0.3 is 0 Å². The minimum atomic E-state index is -0.961. The van der Waals surface area contributed by atoms with Gasteiger partial charge in [-0.25, -0.2) is 0 Å². The van der Waals surface area contributed by atoms with Crippen LogP contribution in [0, 0.1) is 0 Å². The summed E-state index contributed by atoms with van der Waals surface area (Å²) in [4.78, 5) is 12.5. The first-order valence-corrected chi connectivity index (χ1v) is 29.9. The van der Waals surface area contributed by atoms with Gasteiger partial charge in [0.25, 0.3) is 0 Å². The van der Waals surface area contributed by atoms with E-state index in [-0.39, 0.29) is 18.9 Å². The quantitative estimate of drug-likeness (QED) is 0.0361. The van der Waals surface area contributed by atoms with E-state index in [0.29, 0.717) is 6.42 Å². The second-order valence-corrected chi connectivity index (χ2v) is 20.6. The number of allylic oxidation sites excluding steroid dienone is 7. The van der Waals surface area contributed by atoms with E-state index in [4.69, 9.17) is 0 Å². The zero-order chi connectivity index (χ0) is 48.6. The van der Waals surface area contributed by atoms with Gasteiger partial charge in [0.1, 0.15) is 0 Å². The molecule has 1 amide bonds. The maximum Gasteiger partial charge on any atom is 0.222 e. The molecule has 0 fully saturated rings. The number of amides is 1. The van der Waals surface area contributed by atoms with Gasteiger partial charge in [0.15, 0.2) is 0 Å². The molecule has 0 aromatic rings. The predicted molar refractivity (Wildman–Crippen MR) is 296 cm³/mol. The second-order valence-electron chi connectivity index (χ2n) is 20.6. The highest BCUT2D eigenvalue weighted by Gasteiger charge is 2.20. The van der Waals surface area contributed by atoms with Crippen LogP contribution in [-0.2, 0) is 4.79 Å². The van der Waals surface area contributed by atoms with Crippen molar-refractivity contribution in [2.75, 3.05) is 6.61 Å². The maximum atomic E-state index is 12.5. The lowest BCUT2D eigenvalue weighted by molar-refractivity contribution is -0.124. The molecule has 0 spiro atoms. The molecule has 5 nitrogen and oxygen atoms in total. The van der Waals surface area contributed by atoms with Crippen molar-refractivity contribution < 1.29 is 20.1 Å². The molecule has 0 aliphatic carbocycles. The molecule has 5 heteroatoms. The predicted octanol–water partition coefficient (Wildman–Crippen LogP) is 18.8. The zero-order valence-corrected chi connectivity index (χ0v) is 45.0. The smallest absolute Gasteiger partial charge is 0.222 e. The topological polar surface area (TPSA) is 89.8 Å². The zero-order valence-electron chi connectivity index (χ0n) is 45.0. The Morgan fingerprint density at radius 2 is 0.642 bits per heavy atom. The van der Waals surface area contributed by atoms with E-state index in [1.54, 1.807) is 6.08 Å². The molecule has 0 saturated heterocycles. The monoisotopic (exact) mass is 940 g/mol. The van der Waals surface area contributed by atoms with Crippen molar-refractivity contribution in [3.63, 3.8) is 0 Å². The van der Waals surface area contributed by atoms with Gasteiger partial charge in [-0.05, 0) is 70.6 Å². The van der Waals surface area contributed by atoms with Gasteiger partial charge < -0.3 is 20.6 Å². The van der Waals surface area contributed by atoms with E-state index in [9.17, 15) is 20.1 Å². The summed E-state index contributed by atoms with van der Waals surface area (Å²) in [6.07, 6.45) is 76.1. The van der Waals surface area contributed by atoms with Gasteiger partial charge in [-0.15, -0.1) is 0 Å². The van der Waals surface area contributed by atoms with Crippen LogP contribution in [0.4, 0.5) is 0 Å². The third-order valence-electron chi connectivity index (χ3n) is 13.8. The molecule has 394 valence electrons. The number of rotatable bonds is 55. The van der Waals surface area contributed by atoms with E-state index in [0.717, 1.165) is 38.5 Å². The lowest BCUT2D eigenvalue weighted by Crippen LogP contribution is -2.45. The number of unbranched alkanes of at least 4 members (excludes halogenated alkanes) is 40. The number of aliphatic hydroxyl groups excluding tert-OH is 3. The average molecular weight is 941 g/mol. The van der Waals surface area contributed by atoms with Crippen molar-refractivity contribution in [2.45, 2.75) is 334 Å².